The highest BCUT2D eigenvalue weighted by Gasteiger charge is 2.23. The number of aryl methyl sites for hydroxylation is 3. The summed E-state index contributed by atoms with van der Waals surface area (Å²) in [7, 11) is 2.19. The van der Waals surface area contributed by atoms with Crippen molar-refractivity contribution in [2.24, 2.45) is 7.05 Å². The Morgan fingerprint density at radius 3 is 2.82 bits per heavy atom. The molecule has 0 aliphatic carbocycles. The molecule has 90 valence electrons. The van der Waals surface area contributed by atoms with Crippen molar-refractivity contribution in [2.75, 3.05) is 6.54 Å². The first-order valence-electron chi connectivity index (χ1n) is 6.47. The fraction of sp³-hybridized carbons (Fsp3) is 0.467. The normalized spacial score (nSPS) is 20.3. The molecule has 2 heterocycles. The number of hydrogen-bond donors (Lipinski definition) is 1. The molecular weight excluding hydrogens is 208 g/mol. The van der Waals surface area contributed by atoms with Crippen molar-refractivity contribution in [1.82, 2.24) is 9.88 Å². The molecule has 2 nitrogen and oxygen atoms in total. The van der Waals surface area contributed by atoms with Crippen LogP contribution >= 0.6 is 0 Å². The van der Waals surface area contributed by atoms with Gasteiger partial charge in [0.05, 0.1) is 0 Å². The highest BCUT2D eigenvalue weighted by Crippen LogP contribution is 2.33. The van der Waals surface area contributed by atoms with Crippen molar-refractivity contribution in [2.45, 2.75) is 32.7 Å². The van der Waals surface area contributed by atoms with Crippen LogP contribution in [0.25, 0.3) is 10.9 Å². The first-order valence-corrected chi connectivity index (χ1v) is 6.47. The van der Waals surface area contributed by atoms with E-state index in [0.29, 0.717) is 6.04 Å². The van der Waals surface area contributed by atoms with Gasteiger partial charge in [-0.1, -0.05) is 11.6 Å². The van der Waals surface area contributed by atoms with Crippen molar-refractivity contribution < 1.29 is 0 Å². The zero-order valence-corrected chi connectivity index (χ0v) is 10.9. The number of benzene rings is 1. The first-order chi connectivity index (χ1) is 8.18. The molecule has 1 unspecified atom stereocenters. The fourth-order valence-corrected chi connectivity index (χ4v) is 3.18. The molecule has 1 aromatic carbocycles. The van der Waals surface area contributed by atoms with Crippen LogP contribution < -0.4 is 5.32 Å². The van der Waals surface area contributed by atoms with E-state index < -0.39 is 0 Å². The second-order valence-electron chi connectivity index (χ2n) is 5.24. The highest BCUT2D eigenvalue weighted by molar-refractivity contribution is 5.86. The molecule has 0 amide bonds. The van der Waals surface area contributed by atoms with Gasteiger partial charge in [0.2, 0.25) is 0 Å². The number of nitrogens with one attached hydrogen (secondary N) is 1. The van der Waals surface area contributed by atoms with Gasteiger partial charge >= 0.3 is 0 Å². The van der Waals surface area contributed by atoms with E-state index in [2.05, 4.69) is 49.0 Å². The van der Waals surface area contributed by atoms with Gasteiger partial charge in [-0.25, -0.2) is 0 Å². The van der Waals surface area contributed by atoms with Gasteiger partial charge in [-0.15, -0.1) is 0 Å². The van der Waals surface area contributed by atoms with Crippen LogP contribution in [-0.4, -0.2) is 11.1 Å². The minimum Gasteiger partial charge on any atom is -0.346 e. The SMILES string of the molecule is Cc1ccc2c(c1)c(C)c(C1CCCN1)n2C. The second-order valence-corrected chi connectivity index (χ2v) is 5.24. The Balaban J connectivity index is 2.24. The van der Waals surface area contributed by atoms with Crippen LogP contribution in [0.15, 0.2) is 18.2 Å². The Labute approximate surface area is 103 Å². The number of nitrogens with zero attached hydrogens (tertiary/aromatic N) is 1. The summed E-state index contributed by atoms with van der Waals surface area (Å²) in [5.74, 6) is 0. The van der Waals surface area contributed by atoms with E-state index in [9.17, 15) is 0 Å². The Bertz CT molecular complexity index is 560. The van der Waals surface area contributed by atoms with Gasteiger partial charge < -0.3 is 9.88 Å². The van der Waals surface area contributed by atoms with Gasteiger partial charge in [0.1, 0.15) is 0 Å². The molecular formula is C15H20N2. The third-order valence-electron chi connectivity index (χ3n) is 4.05. The van der Waals surface area contributed by atoms with Crippen LogP contribution in [0.4, 0.5) is 0 Å². The van der Waals surface area contributed by atoms with E-state index in [1.54, 1.807) is 0 Å². The summed E-state index contributed by atoms with van der Waals surface area (Å²) in [6.45, 7) is 5.58. The van der Waals surface area contributed by atoms with Crippen molar-refractivity contribution in [1.29, 1.82) is 0 Å². The lowest BCUT2D eigenvalue weighted by Gasteiger charge is -2.13. The van der Waals surface area contributed by atoms with E-state index >= 15 is 0 Å². The maximum absolute atomic E-state index is 3.61. The number of aromatic nitrogens is 1. The van der Waals surface area contributed by atoms with Gasteiger partial charge in [0.15, 0.2) is 0 Å². The smallest absolute Gasteiger partial charge is 0.0483 e. The van der Waals surface area contributed by atoms with Gasteiger partial charge in [-0.2, -0.15) is 0 Å². The molecule has 1 atom stereocenters. The summed E-state index contributed by atoms with van der Waals surface area (Å²) >= 11 is 0. The van der Waals surface area contributed by atoms with E-state index in [0.717, 1.165) is 6.54 Å². The summed E-state index contributed by atoms with van der Waals surface area (Å²) in [5, 5.41) is 5.02. The third kappa shape index (κ3) is 1.59. The molecule has 0 radical (unpaired) electrons. The summed E-state index contributed by atoms with van der Waals surface area (Å²) in [4.78, 5) is 0. The predicted molar refractivity (Wildman–Crippen MR) is 72.4 cm³/mol. The lowest BCUT2D eigenvalue weighted by Crippen LogP contribution is -2.16. The topological polar surface area (TPSA) is 17.0 Å². The molecule has 1 fully saturated rings. The van der Waals surface area contributed by atoms with Crippen LogP contribution in [-0.2, 0) is 7.05 Å². The molecule has 1 aliphatic heterocycles. The quantitative estimate of drug-likeness (QED) is 0.793. The van der Waals surface area contributed by atoms with Crippen LogP contribution in [0.2, 0.25) is 0 Å². The van der Waals surface area contributed by atoms with Crippen LogP contribution in [0.5, 0.6) is 0 Å². The van der Waals surface area contributed by atoms with Crippen LogP contribution in [0.3, 0.4) is 0 Å². The lowest BCUT2D eigenvalue weighted by atomic mass is 10.1. The van der Waals surface area contributed by atoms with Crippen molar-refractivity contribution in [3.05, 3.63) is 35.0 Å². The number of hydrogen-bond acceptors (Lipinski definition) is 1. The van der Waals surface area contributed by atoms with Crippen molar-refractivity contribution in [3.8, 4) is 0 Å². The summed E-state index contributed by atoms with van der Waals surface area (Å²) in [5.41, 5.74) is 5.63. The van der Waals surface area contributed by atoms with Gasteiger partial charge in [-0.05, 0) is 50.9 Å². The maximum atomic E-state index is 3.61. The van der Waals surface area contributed by atoms with E-state index in [1.165, 1.54) is 40.6 Å². The molecule has 17 heavy (non-hydrogen) atoms. The molecule has 1 N–H and O–H groups in total. The largest absolute Gasteiger partial charge is 0.346 e. The van der Waals surface area contributed by atoms with Gasteiger partial charge in [-0.3, -0.25) is 0 Å². The minimum atomic E-state index is 0.549. The van der Waals surface area contributed by atoms with Crippen molar-refractivity contribution in [3.63, 3.8) is 0 Å². The monoisotopic (exact) mass is 228 g/mol. The molecule has 0 bridgehead atoms. The molecule has 1 aliphatic rings. The second kappa shape index (κ2) is 3.88. The molecule has 0 saturated carbocycles. The van der Waals surface area contributed by atoms with E-state index in [4.69, 9.17) is 0 Å². The maximum Gasteiger partial charge on any atom is 0.0483 e. The van der Waals surface area contributed by atoms with Crippen molar-refractivity contribution >= 4 is 10.9 Å². The molecule has 2 heteroatoms. The summed E-state index contributed by atoms with van der Waals surface area (Å²) in [6.07, 6.45) is 2.56. The van der Waals surface area contributed by atoms with Crippen LogP contribution in [0.1, 0.15) is 35.7 Å². The number of rotatable bonds is 1. The molecule has 0 spiro atoms. The average molecular weight is 228 g/mol. The van der Waals surface area contributed by atoms with E-state index in [-0.39, 0.29) is 0 Å². The summed E-state index contributed by atoms with van der Waals surface area (Å²) < 4.78 is 2.37. The molecule has 1 aromatic heterocycles. The Morgan fingerprint density at radius 1 is 1.29 bits per heavy atom. The zero-order chi connectivity index (χ0) is 12.0. The highest BCUT2D eigenvalue weighted by atomic mass is 15.0. The summed E-state index contributed by atoms with van der Waals surface area (Å²) in [6, 6.07) is 7.31. The number of fused-ring (bicyclic) bond motifs is 1. The predicted octanol–water partition coefficient (Wildman–Crippen LogP) is 3.22. The van der Waals surface area contributed by atoms with E-state index in [1.807, 2.05) is 0 Å². The minimum absolute atomic E-state index is 0.549. The molecule has 2 aromatic rings. The fourth-order valence-electron chi connectivity index (χ4n) is 3.18. The lowest BCUT2D eigenvalue weighted by molar-refractivity contribution is 0.600. The first kappa shape index (κ1) is 10.8. The van der Waals surface area contributed by atoms with Gasteiger partial charge in [0.25, 0.3) is 0 Å². The standard InChI is InChI=1S/C15H20N2/c1-10-6-7-14-12(9-10)11(2)15(17(14)3)13-5-4-8-16-13/h6-7,9,13,16H,4-5,8H2,1-3H3. The molecule has 1 saturated heterocycles. The third-order valence-corrected chi connectivity index (χ3v) is 4.05. The zero-order valence-electron chi connectivity index (χ0n) is 10.9. The Hall–Kier alpha value is -1.28. The van der Waals surface area contributed by atoms with Crippen LogP contribution in [0, 0.1) is 13.8 Å². The average Bonchev–Trinajstić information content (AvgIpc) is 2.88. The van der Waals surface area contributed by atoms with Gasteiger partial charge in [0, 0.05) is 29.7 Å². The Kier molecular flexibility index (Phi) is 2.48. The Morgan fingerprint density at radius 2 is 2.12 bits per heavy atom. The molecule has 3 rings (SSSR count).